The first kappa shape index (κ1) is 16.2. The van der Waals surface area contributed by atoms with Crippen LogP contribution in [0.25, 0.3) is 0 Å². The van der Waals surface area contributed by atoms with Crippen molar-refractivity contribution in [3.63, 3.8) is 0 Å². The Balaban J connectivity index is 2.69. The molecular formula is C16H23NO3. The second-order valence-corrected chi connectivity index (χ2v) is 5.71. The van der Waals surface area contributed by atoms with Gasteiger partial charge in [-0.3, -0.25) is 9.59 Å². The largest absolute Gasteiger partial charge is 0.481 e. The smallest absolute Gasteiger partial charge is 0.315 e. The molecule has 110 valence electrons. The van der Waals surface area contributed by atoms with Gasteiger partial charge in [0.15, 0.2) is 0 Å². The monoisotopic (exact) mass is 277 g/mol. The lowest BCUT2D eigenvalue weighted by Crippen LogP contribution is -2.44. The van der Waals surface area contributed by atoms with Crippen LogP contribution in [0.2, 0.25) is 0 Å². The normalized spacial score (nSPS) is 13.8. The molecule has 1 unspecified atom stereocenters. The fourth-order valence-corrected chi connectivity index (χ4v) is 1.89. The lowest BCUT2D eigenvalue weighted by molar-refractivity contribution is -0.143. The molecule has 0 aliphatic rings. The maximum absolute atomic E-state index is 11.7. The Morgan fingerprint density at radius 1 is 1.25 bits per heavy atom. The number of rotatable bonds is 7. The molecule has 4 nitrogen and oxygen atoms in total. The quantitative estimate of drug-likeness (QED) is 0.805. The van der Waals surface area contributed by atoms with Crippen molar-refractivity contribution in [1.82, 2.24) is 5.32 Å². The van der Waals surface area contributed by atoms with Crippen LogP contribution in [0.1, 0.15) is 39.2 Å². The first-order chi connectivity index (χ1) is 9.36. The minimum Gasteiger partial charge on any atom is -0.481 e. The van der Waals surface area contributed by atoms with Crippen molar-refractivity contribution in [3.05, 3.63) is 35.9 Å². The predicted molar refractivity (Wildman–Crippen MR) is 78.5 cm³/mol. The van der Waals surface area contributed by atoms with Gasteiger partial charge < -0.3 is 10.4 Å². The van der Waals surface area contributed by atoms with Crippen LogP contribution in [0, 0.1) is 5.92 Å². The zero-order valence-corrected chi connectivity index (χ0v) is 12.3. The standard InChI is InChI=1S/C16H23NO3/c1-12(2)9-10-14(18)17-11-16(3,15(19)20)13-7-5-4-6-8-13/h4-8,12H,9-11H2,1-3H3,(H,17,18)(H,19,20). The zero-order chi connectivity index (χ0) is 15.2. The Bertz CT molecular complexity index is 456. The van der Waals surface area contributed by atoms with Gasteiger partial charge in [-0.2, -0.15) is 0 Å². The molecule has 0 saturated heterocycles. The molecule has 1 atom stereocenters. The Kier molecular flexibility index (Phi) is 5.74. The van der Waals surface area contributed by atoms with E-state index in [-0.39, 0.29) is 12.5 Å². The van der Waals surface area contributed by atoms with Gasteiger partial charge in [-0.15, -0.1) is 0 Å². The third-order valence-corrected chi connectivity index (χ3v) is 3.47. The van der Waals surface area contributed by atoms with E-state index < -0.39 is 11.4 Å². The van der Waals surface area contributed by atoms with Crippen molar-refractivity contribution in [1.29, 1.82) is 0 Å². The van der Waals surface area contributed by atoms with Gasteiger partial charge in [0.05, 0.1) is 0 Å². The molecule has 0 heterocycles. The van der Waals surface area contributed by atoms with Crippen molar-refractivity contribution in [2.45, 2.75) is 39.0 Å². The minimum atomic E-state index is -1.10. The Labute approximate surface area is 120 Å². The summed E-state index contributed by atoms with van der Waals surface area (Å²) in [4.78, 5) is 23.3. The van der Waals surface area contributed by atoms with Gasteiger partial charge in [-0.1, -0.05) is 44.2 Å². The van der Waals surface area contributed by atoms with Crippen LogP contribution in [-0.4, -0.2) is 23.5 Å². The number of amides is 1. The molecule has 1 aromatic rings. The van der Waals surface area contributed by atoms with Gasteiger partial charge in [0.1, 0.15) is 5.41 Å². The first-order valence-electron chi connectivity index (χ1n) is 6.92. The third kappa shape index (κ3) is 4.37. The van der Waals surface area contributed by atoms with E-state index in [0.29, 0.717) is 17.9 Å². The molecule has 0 aliphatic carbocycles. The summed E-state index contributed by atoms with van der Waals surface area (Å²) >= 11 is 0. The summed E-state index contributed by atoms with van der Waals surface area (Å²) in [5, 5.41) is 12.2. The van der Waals surface area contributed by atoms with E-state index in [9.17, 15) is 14.7 Å². The Morgan fingerprint density at radius 2 is 1.85 bits per heavy atom. The maximum atomic E-state index is 11.7. The van der Waals surface area contributed by atoms with Crippen LogP contribution >= 0.6 is 0 Å². The number of nitrogens with one attached hydrogen (secondary N) is 1. The molecule has 20 heavy (non-hydrogen) atoms. The summed E-state index contributed by atoms with van der Waals surface area (Å²) < 4.78 is 0. The molecular weight excluding hydrogens is 254 g/mol. The molecule has 1 rings (SSSR count). The number of benzene rings is 1. The van der Waals surface area contributed by atoms with Gasteiger partial charge in [-0.05, 0) is 24.8 Å². The second-order valence-electron chi connectivity index (χ2n) is 5.71. The summed E-state index contributed by atoms with van der Waals surface area (Å²) in [6.07, 6.45) is 1.24. The van der Waals surface area contributed by atoms with Crippen LogP contribution in [0.15, 0.2) is 30.3 Å². The molecule has 0 radical (unpaired) electrons. The lowest BCUT2D eigenvalue weighted by atomic mass is 9.82. The highest BCUT2D eigenvalue weighted by molar-refractivity contribution is 5.83. The van der Waals surface area contributed by atoms with E-state index in [1.165, 1.54) is 0 Å². The van der Waals surface area contributed by atoms with Gasteiger partial charge in [-0.25, -0.2) is 0 Å². The first-order valence-corrected chi connectivity index (χ1v) is 6.92. The number of carbonyl (C=O) groups is 2. The zero-order valence-electron chi connectivity index (χ0n) is 12.3. The molecule has 0 spiro atoms. The van der Waals surface area contributed by atoms with Crippen LogP contribution in [0.5, 0.6) is 0 Å². The molecule has 0 aromatic heterocycles. The number of hydrogen-bond donors (Lipinski definition) is 2. The highest BCUT2D eigenvalue weighted by Gasteiger charge is 2.35. The van der Waals surface area contributed by atoms with Crippen molar-refractivity contribution in [2.24, 2.45) is 5.92 Å². The summed E-state index contributed by atoms with van der Waals surface area (Å²) in [5.41, 5.74) is -0.411. The summed E-state index contributed by atoms with van der Waals surface area (Å²) in [5.74, 6) is -0.573. The number of carboxylic acids is 1. The lowest BCUT2D eigenvalue weighted by Gasteiger charge is -2.25. The van der Waals surface area contributed by atoms with Gasteiger partial charge in [0.2, 0.25) is 5.91 Å². The van der Waals surface area contributed by atoms with E-state index >= 15 is 0 Å². The summed E-state index contributed by atoms with van der Waals surface area (Å²) in [7, 11) is 0. The van der Waals surface area contributed by atoms with E-state index in [2.05, 4.69) is 19.2 Å². The molecule has 2 N–H and O–H groups in total. The van der Waals surface area contributed by atoms with Crippen molar-refractivity contribution in [3.8, 4) is 0 Å². The fraction of sp³-hybridized carbons (Fsp3) is 0.500. The van der Waals surface area contributed by atoms with Crippen LogP contribution in [0.3, 0.4) is 0 Å². The number of aliphatic carboxylic acids is 1. The highest BCUT2D eigenvalue weighted by Crippen LogP contribution is 2.23. The predicted octanol–water partition coefficient (Wildman–Crippen LogP) is 2.58. The van der Waals surface area contributed by atoms with Crippen LogP contribution < -0.4 is 5.32 Å². The summed E-state index contributed by atoms with van der Waals surface area (Å²) in [6, 6.07) is 8.99. The average molecular weight is 277 g/mol. The van der Waals surface area contributed by atoms with E-state index in [1.807, 2.05) is 6.07 Å². The number of carboxylic acid groups (broad SMARTS) is 1. The summed E-state index contributed by atoms with van der Waals surface area (Å²) in [6.45, 7) is 5.84. The van der Waals surface area contributed by atoms with E-state index in [1.54, 1.807) is 31.2 Å². The van der Waals surface area contributed by atoms with Crippen molar-refractivity contribution < 1.29 is 14.7 Å². The third-order valence-electron chi connectivity index (χ3n) is 3.47. The molecule has 1 aromatic carbocycles. The number of hydrogen-bond acceptors (Lipinski definition) is 2. The Morgan fingerprint density at radius 3 is 2.35 bits per heavy atom. The van der Waals surface area contributed by atoms with Gasteiger partial charge in [0, 0.05) is 13.0 Å². The molecule has 0 saturated carbocycles. The highest BCUT2D eigenvalue weighted by atomic mass is 16.4. The molecule has 1 amide bonds. The van der Waals surface area contributed by atoms with Crippen LogP contribution in [-0.2, 0) is 15.0 Å². The van der Waals surface area contributed by atoms with Crippen molar-refractivity contribution >= 4 is 11.9 Å². The number of carbonyl (C=O) groups excluding carboxylic acids is 1. The van der Waals surface area contributed by atoms with E-state index in [0.717, 1.165) is 6.42 Å². The molecule has 0 bridgehead atoms. The molecule has 0 fully saturated rings. The topological polar surface area (TPSA) is 66.4 Å². The van der Waals surface area contributed by atoms with Crippen LogP contribution in [0.4, 0.5) is 0 Å². The van der Waals surface area contributed by atoms with Crippen molar-refractivity contribution in [2.75, 3.05) is 6.54 Å². The second kappa shape index (κ2) is 7.08. The van der Waals surface area contributed by atoms with Gasteiger partial charge >= 0.3 is 5.97 Å². The fourth-order valence-electron chi connectivity index (χ4n) is 1.89. The minimum absolute atomic E-state index is 0.0953. The average Bonchev–Trinajstić information content (AvgIpc) is 2.43. The van der Waals surface area contributed by atoms with Gasteiger partial charge in [0.25, 0.3) is 0 Å². The molecule has 4 heteroatoms. The maximum Gasteiger partial charge on any atom is 0.315 e. The molecule has 0 aliphatic heterocycles. The van der Waals surface area contributed by atoms with E-state index in [4.69, 9.17) is 0 Å². The Hall–Kier alpha value is -1.84. The SMILES string of the molecule is CC(C)CCC(=O)NCC(C)(C(=O)O)c1ccccc1.